The molecule has 1 rings (SSSR count). The maximum Gasteiger partial charge on any atom is 0.204 e. The van der Waals surface area contributed by atoms with E-state index in [1.807, 2.05) is 0 Å². The van der Waals surface area contributed by atoms with Crippen molar-refractivity contribution in [3.05, 3.63) is 23.8 Å². The summed E-state index contributed by atoms with van der Waals surface area (Å²) in [6.45, 7) is 1.35. The first kappa shape index (κ1) is 6.99. The monoisotopic (exact) mass is 141 g/mol. The van der Waals surface area contributed by atoms with Crippen molar-refractivity contribution in [1.82, 2.24) is 4.57 Å². The zero-order valence-electron chi connectivity index (χ0n) is 5.89. The lowest BCUT2D eigenvalue weighted by Gasteiger charge is -1.91. The molecule has 10 heavy (non-hydrogen) atoms. The number of aromatic nitrogens is 1. The zero-order chi connectivity index (χ0) is 7.72. The van der Waals surface area contributed by atoms with E-state index in [0.29, 0.717) is 0 Å². The fourth-order valence-corrected chi connectivity index (χ4v) is 0.773. The Bertz CT molecular complexity index is 265. The average molecular weight is 141 g/mol. The Balaban J connectivity index is 3.17. The molecule has 2 nitrogen and oxygen atoms in total. The third-order valence-corrected chi connectivity index (χ3v) is 1.38. The van der Waals surface area contributed by atoms with E-state index in [9.17, 15) is 9.18 Å². The third kappa shape index (κ3) is 0.943. The topological polar surface area (TPSA) is 22.0 Å². The number of hydrogen-bond acceptors (Lipinski definition) is 1. The smallest absolute Gasteiger partial charge is 0.204 e. The molecular formula is C7H8FNO. The molecule has 0 saturated heterocycles. The van der Waals surface area contributed by atoms with E-state index in [1.165, 1.54) is 23.8 Å². The summed E-state index contributed by atoms with van der Waals surface area (Å²) in [5, 5.41) is 0. The van der Waals surface area contributed by atoms with E-state index in [0.717, 1.165) is 0 Å². The van der Waals surface area contributed by atoms with E-state index < -0.39 is 5.95 Å². The second kappa shape index (κ2) is 2.25. The Labute approximate surface area is 58.3 Å². The third-order valence-electron chi connectivity index (χ3n) is 1.38. The molecule has 0 fully saturated rings. The molecule has 0 amide bonds. The average Bonchev–Trinajstić information content (AvgIpc) is 2.14. The molecule has 0 N–H and O–H groups in total. The van der Waals surface area contributed by atoms with Crippen LogP contribution in [0.2, 0.25) is 0 Å². The van der Waals surface area contributed by atoms with E-state index >= 15 is 0 Å². The van der Waals surface area contributed by atoms with Crippen LogP contribution < -0.4 is 0 Å². The number of halogens is 1. The van der Waals surface area contributed by atoms with Crippen LogP contribution in [0.15, 0.2) is 12.3 Å². The van der Waals surface area contributed by atoms with E-state index in [2.05, 4.69) is 0 Å². The summed E-state index contributed by atoms with van der Waals surface area (Å²) in [6.07, 6.45) is 1.52. The van der Waals surface area contributed by atoms with E-state index in [-0.39, 0.29) is 11.3 Å². The highest BCUT2D eigenvalue weighted by Crippen LogP contribution is 2.07. The molecule has 0 aliphatic carbocycles. The first-order valence-electron chi connectivity index (χ1n) is 2.94. The van der Waals surface area contributed by atoms with E-state index in [1.54, 1.807) is 7.05 Å². The Hall–Kier alpha value is -1.12. The van der Waals surface area contributed by atoms with Gasteiger partial charge in [-0.25, -0.2) is 0 Å². The van der Waals surface area contributed by atoms with Gasteiger partial charge in [-0.1, -0.05) is 0 Å². The largest absolute Gasteiger partial charge is 0.327 e. The number of hydrogen-bond donors (Lipinski definition) is 0. The highest BCUT2D eigenvalue weighted by atomic mass is 19.1. The van der Waals surface area contributed by atoms with Crippen LogP contribution in [0.4, 0.5) is 4.39 Å². The fraction of sp³-hybridized carbons (Fsp3) is 0.286. The number of nitrogens with zero attached hydrogens (tertiary/aromatic N) is 1. The Morgan fingerprint density at radius 2 is 2.30 bits per heavy atom. The number of Topliss-reactive ketones (excluding diaryl/α,β-unsaturated/α-hetero) is 1. The van der Waals surface area contributed by atoms with Crippen molar-refractivity contribution in [3.8, 4) is 0 Å². The Morgan fingerprint density at radius 3 is 2.50 bits per heavy atom. The first-order chi connectivity index (χ1) is 4.63. The normalized spacial score (nSPS) is 9.90. The second-order valence-corrected chi connectivity index (χ2v) is 2.19. The van der Waals surface area contributed by atoms with Crippen molar-refractivity contribution in [2.45, 2.75) is 6.92 Å². The van der Waals surface area contributed by atoms with Crippen LogP contribution in [-0.2, 0) is 7.05 Å². The zero-order valence-corrected chi connectivity index (χ0v) is 5.89. The van der Waals surface area contributed by atoms with Gasteiger partial charge >= 0.3 is 0 Å². The van der Waals surface area contributed by atoms with Crippen molar-refractivity contribution in [1.29, 1.82) is 0 Å². The van der Waals surface area contributed by atoms with Crippen molar-refractivity contribution in [2.24, 2.45) is 7.05 Å². The molecule has 0 aromatic carbocycles. The molecule has 0 aliphatic heterocycles. The van der Waals surface area contributed by atoms with Gasteiger partial charge < -0.3 is 4.57 Å². The van der Waals surface area contributed by atoms with Crippen LogP contribution in [0.5, 0.6) is 0 Å². The van der Waals surface area contributed by atoms with Gasteiger partial charge in [-0.3, -0.25) is 4.79 Å². The number of rotatable bonds is 1. The minimum absolute atomic E-state index is 0.155. The predicted octanol–water partition coefficient (Wildman–Crippen LogP) is 1.37. The van der Waals surface area contributed by atoms with E-state index in [4.69, 9.17) is 0 Å². The molecule has 54 valence electrons. The summed E-state index contributed by atoms with van der Waals surface area (Å²) in [6, 6.07) is 1.47. The van der Waals surface area contributed by atoms with Crippen molar-refractivity contribution >= 4 is 5.78 Å². The molecule has 0 spiro atoms. The number of carbonyl (C=O) groups excluding carboxylic acids is 1. The van der Waals surface area contributed by atoms with Crippen LogP contribution in [0.1, 0.15) is 17.3 Å². The maximum atomic E-state index is 12.8. The number of aryl methyl sites for hydroxylation is 1. The first-order valence-corrected chi connectivity index (χ1v) is 2.94. The predicted molar refractivity (Wildman–Crippen MR) is 35.4 cm³/mol. The summed E-state index contributed by atoms with van der Waals surface area (Å²) in [5.74, 6) is -0.703. The molecule has 0 radical (unpaired) electrons. The lowest BCUT2D eigenvalue weighted by Crippen LogP contribution is -1.97. The minimum atomic E-state index is -0.465. The van der Waals surface area contributed by atoms with Crippen molar-refractivity contribution < 1.29 is 9.18 Å². The molecule has 1 heterocycles. The van der Waals surface area contributed by atoms with Gasteiger partial charge in [0.25, 0.3) is 0 Å². The van der Waals surface area contributed by atoms with Crippen LogP contribution in [0.3, 0.4) is 0 Å². The highest BCUT2D eigenvalue weighted by molar-refractivity contribution is 5.94. The van der Waals surface area contributed by atoms with Gasteiger partial charge in [0.05, 0.1) is 5.56 Å². The summed E-state index contributed by atoms with van der Waals surface area (Å²) < 4.78 is 14.0. The number of carbonyl (C=O) groups is 1. The molecule has 1 aromatic heterocycles. The highest BCUT2D eigenvalue weighted by Gasteiger charge is 2.08. The molecule has 0 unspecified atom stereocenters. The molecule has 1 aromatic rings. The van der Waals surface area contributed by atoms with Gasteiger partial charge in [0, 0.05) is 13.2 Å². The van der Waals surface area contributed by atoms with Crippen molar-refractivity contribution in [3.63, 3.8) is 0 Å². The molecule has 0 bridgehead atoms. The van der Waals surface area contributed by atoms with Gasteiger partial charge in [-0.05, 0) is 13.0 Å². The van der Waals surface area contributed by atoms with Crippen molar-refractivity contribution in [2.75, 3.05) is 0 Å². The summed E-state index contributed by atoms with van der Waals surface area (Å²) in [5.41, 5.74) is 0.155. The summed E-state index contributed by atoms with van der Waals surface area (Å²) >= 11 is 0. The van der Waals surface area contributed by atoms with Gasteiger partial charge in [0.15, 0.2) is 5.78 Å². The molecule has 0 aliphatic rings. The second-order valence-electron chi connectivity index (χ2n) is 2.19. The van der Waals surface area contributed by atoms with Gasteiger partial charge in [-0.15, -0.1) is 0 Å². The molecule has 0 saturated carbocycles. The molecule has 0 atom stereocenters. The SMILES string of the molecule is CC(=O)c1ccn(C)c1F. The van der Waals surface area contributed by atoms with Gasteiger partial charge in [0.1, 0.15) is 0 Å². The minimum Gasteiger partial charge on any atom is -0.327 e. The van der Waals surface area contributed by atoms with Crippen LogP contribution in [0.25, 0.3) is 0 Å². The number of ketones is 1. The van der Waals surface area contributed by atoms with Gasteiger partial charge in [0.2, 0.25) is 5.95 Å². The Kier molecular flexibility index (Phi) is 1.57. The lowest BCUT2D eigenvalue weighted by molar-refractivity contribution is 0.101. The fourth-order valence-electron chi connectivity index (χ4n) is 0.773. The standard InChI is InChI=1S/C7H8FNO/c1-5(10)6-3-4-9(2)7(6)8/h3-4H,1-2H3. The summed E-state index contributed by atoms with van der Waals surface area (Å²) in [4.78, 5) is 10.6. The maximum absolute atomic E-state index is 12.8. The quantitative estimate of drug-likeness (QED) is 0.541. The van der Waals surface area contributed by atoms with Crippen LogP contribution in [0, 0.1) is 5.95 Å². The lowest BCUT2D eigenvalue weighted by atomic mass is 10.2. The van der Waals surface area contributed by atoms with Gasteiger partial charge in [-0.2, -0.15) is 4.39 Å². The van der Waals surface area contributed by atoms with Crippen LogP contribution in [-0.4, -0.2) is 10.4 Å². The Morgan fingerprint density at radius 1 is 1.70 bits per heavy atom. The van der Waals surface area contributed by atoms with Crippen LogP contribution >= 0.6 is 0 Å². The molecular weight excluding hydrogens is 133 g/mol. The molecule has 3 heteroatoms. The summed E-state index contributed by atoms with van der Waals surface area (Å²) in [7, 11) is 1.56.